The second-order valence-electron chi connectivity index (χ2n) is 8.84. The first kappa shape index (κ1) is 27.1. The quantitative estimate of drug-likeness (QED) is 0.244. The first-order chi connectivity index (χ1) is 18.8. The van der Waals surface area contributed by atoms with E-state index in [1.165, 1.54) is 11.3 Å². The van der Waals surface area contributed by atoms with Gasteiger partial charge in [-0.05, 0) is 73.0 Å². The molecule has 0 bridgehead atoms. The average molecular weight is 624 g/mol. The molecular formula is C30H24BrClN2O4S. The minimum absolute atomic E-state index is 0.226. The van der Waals surface area contributed by atoms with Crippen molar-refractivity contribution in [1.82, 2.24) is 4.57 Å². The maximum Gasteiger partial charge on any atom is 0.338 e. The van der Waals surface area contributed by atoms with Crippen molar-refractivity contribution < 1.29 is 14.3 Å². The van der Waals surface area contributed by atoms with Crippen molar-refractivity contribution in [3.63, 3.8) is 0 Å². The third kappa shape index (κ3) is 5.93. The van der Waals surface area contributed by atoms with Crippen molar-refractivity contribution >= 4 is 50.9 Å². The van der Waals surface area contributed by atoms with Gasteiger partial charge in [-0.3, -0.25) is 9.36 Å². The number of rotatable bonds is 7. The number of hydrogen-bond acceptors (Lipinski definition) is 6. The molecule has 1 aliphatic heterocycles. The molecule has 2 heterocycles. The molecule has 0 amide bonds. The van der Waals surface area contributed by atoms with Gasteiger partial charge in [-0.25, -0.2) is 9.79 Å². The molecular weight excluding hydrogens is 600 g/mol. The standard InChI is InChI=1S/C30H24BrClN2O4S/c1-3-37-29(36)26-18(2)33-30-34(27(26)21-9-11-22(31)12-10-21)28(35)25(39-30)16-20-5-4-6-24(15-20)38-17-19-7-13-23(32)14-8-19/h4-16,27H,3,17H2,1-2H3/b25-16-/t27-/m0/s1. The third-order valence-corrected chi connectivity index (χ3v) is 7.94. The van der Waals surface area contributed by atoms with E-state index in [9.17, 15) is 9.59 Å². The van der Waals surface area contributed by atoms with Crippen molar-refractivity contribution in [2.75, 3.05) is 6.61 Å². The van der Waals surface area contributed by atoms with Crippen LogP contribution in [0.3, 0.4) is 0 Å². The van der Waals surface area contributed by atoms with Crippen LogP contribution in [-0.2, 0) is 16.1 Å². The number of carbonyl (C=O) groups excluding carboxylic acids is 1. The van der Waals surface area contributed by atoms with Crippen LogP contribution in [0.2, 0.25) is 5.02 Å². The summed E-state index contributed by atoms with van der Waals surface area (Å²) in [5, 5.41) is 0.675. The van der Waals surface area contributed by atoms with E-state index in [0.717, 1.165) is 21.2 Å². The lowest BCUT2D eigenvalue weighted by Crippen LogP contribution is -2.39. The number of nitrogens with zero attached hydrogens (tertiary/aromatic N) is 2. The second-order valence-corrected chi connectivity index (χ2v) is 11.2. The molecule has 0 saturated heterocycles. The lowest BCUT2D eigenvalue weighted by Gasteiger charge is -2.24. The Morgan fingerprint density at radius 1 is 1.13 bits per heavy atom. The molecule has 39 heavy (non-hydrogen) atoms. The highest BCUT2D eigenvalue weighted by atomic mass is 79.9. The average Bonchev–Trinajstić information content (AvgIpc) is 3.22. The monoisotopic (exact) mass is 622 g/mol. The summed E-state index contributed by atoms with van der Waals surface area (Å²) in [4.78, 5) is 31.9. The van der Waals surface area contributed by atoms with Crippen LogP contribution >= 0.6 is 38.9 Å². The molecule has 4 aromatic rings. The molecule has 0 N–H and O–H groups in total. The van der Waals surface area contributed by atoms with E-state index in [-0.39, 0.29) is 12.2 Å². The Hall–Kier alpha value is -3.46. The predicted molar refractivity (Wildman–Crippen MR) is 157 cm³/mol. The molecule has 0 spiro atoms. The normalized spacial score (nSPS) is 15.1. The van der Waals surface area contributed by atoms with Gasteiger partial charge in [0, 0.05) is 9.50 Å². The van der Waals surface area contributed by atoms with Gasteiger partial charge < -0.3 is 9.47 Å². The summed E-state index contributed by atoms with van der Waals surface area (Å²) in [5.74, 6) is 0.200. The Kier molecular flexibility index (Phi) is 8.16. The summed E-state index contributed by atoms with van der Waals surface area (Å²) < 4.78 is 14.3. The van der Waals surface area contributed by atoms with Gasteiger partial charge in [-0.15, -0.1) is 0 Å². The molecule has 0 saturated carbocycles. The van der Waals surface area contributed by atoms with E-state index in [1.807, 2.05) is 78.9 Å². The van der Waals surface area contributed by atoms with Crippen LogP contribution in [0.4, 0.5) is 0 Å². The van der Waals surface area contributed by atoms with Crippen LogP contribution in [0.25, 0.3) is 6.08 Å². The maximum absolute atomic E-state index is 13.8. The molecule has 3 aromatic carbocycles. The molecule has 198 valence electrons. The topological polar surface area (TPSA) is 69.9 Å². The van der Waals surface area contributed by atoms with E-state index in [1.54, 1.807) is 18.4 Å². The minimum Gasteiger partial charge on any atom is -0.489 e. The number of benzene rings is 3. The lowest BCUT2D eigenvalue weighted by molar-refractivity contribution is -0.139. The fraction of sp³-hybridized carbons (Fsp3) is 0.167. The Balaban J connectivity index is 1.53. The van der Waals surface area contributed by atoms with Crippen LogP contribution in [0.15, 0.2) is 98.3 Å². The molecule has 1 aliphatic rings. The SMILES string of the molecule is CCOC(=O)C1=C(C)N=c2s/c(=C\c3cccc(OCc4ccc(Cl)cc4)c3)c(=O)n2[C@H]1c1ccc(Br)cc1. The Morgan fingerprint density at radius 2 is 1.87 bits per heavy atom. The largest absolute Gasteiger partial charge is 0.489 e. The molecule has 0 fully saturated rings. The molecule has 6 nitrogen and oxygen atoms in total. The first-order valence-electron chi connectivity index (χ1n) is 12.3. The molecule has 0 unspecified atom stereocenters. The van der Waals surface area contributed by atoms with Gasteiger partial charge in [0.1, 0.15) is 12.4 Å². The maximum atomic E-state index is 13.8. The molecule has 9 heteroatoms. The number of halogens is 2. The van der Waals surface area contributed by atoms with Crippen LogP contribution < -0.4 is 19.6 Å². The highest BCUT2D eigenvalue weighted by molar-refractivity contribution is 9.10. The highest BCUT2D eigenvalue weighted by Gasteiger charge is 2.33. The van der Waals surface area contributed by atoms with E-state index < -0.39 is 12.0 Å². The van der Waals surface area contributed by atoms with E-state index in [4.69, 9.17) is 21.1 Å². The number of ether oxygens (including phenoxy) is 2. The van der Waals surface area contributed by atoms with Gasteiger partial charge in [-0.1, -0.05) is 75.3 Å². The Bertz CT molecular complexity index is 1740. The number of allylic oxidation sites excluding steroid dienone is 1. The summed E-state index contributed by atoms with van der Waals surface area (Å²) in [6, 6.07) is 22.0. The van der Waals surface area contributed by atoms with Gasteiger partial charge in [0.2, 0.25) is 0 Å². The molecule has 1 atom stereocenters. The zero-order valence-electron chi connectivity index (χ0n) is 21.2. The number of fused-ring (bicyclic) bond motifs is 1. The van der Waals surface area contributed by atoms with Gasteiger partial charge in [-0.2, -0.15) is 0 Å². The van der Waals surface area contributed by atoms with E-state index in [2.05, 4.69) is 20.9 Å². The number of thiazole rings is 1. The van der Waals surface area contributed by atoms with E-state index in [0.29, 0.717) is 38.0 Å². The van der Waals surface area contributed by atoms with Gasteiger partial charge in [0.15, 0.2) is 4.80 Å². The summed E-state index contributed by atoms with van der Waals surface area (Å²) in [6.07, 6.45) is 1.82. The van der Waals surface area contributed by atoms with Crippen LogP contribution in [0, 0.1) is 0 Å². The first-order valence-corrected chi connectivity index (χ1v) is 14.2. The number of carbonyl (C=O) groups is 1. The molecule has 1 aromatic heterocycles. The van der Waals surface area contributed by atoms with Crippen LogP contribution in [0.5, 0.6) is 5.75 Å². The van der Waals surface area contributed by atoms with Crippen molar-refractivity contribution in [2.24, 2.45) is 4.99 Å². The van der Waals surface area contributed by atoms with Crippen LogP contribution in [-0.4, -0.2) is 17.1 Å². The zero-order valence-corrected chi connectivity index (χ0v) is 24.3. The van der Waals surface area contributed by atoms with Gasteiger partial charge in [0.25, 0.3) is 5.56 Å². The smallest absolute Gasteiger partial charge is 0.338 e. The van der Waals surface area contributed by atoms with Crippen molar-refractivity contribution in [3.8, 4) is 5.75 Å². The van der Waals surface area contributed by atoms with Crippen molar-refractivity contribution in [1.29, 1.82) is 0 Å². The van der Waals surface area contributed by atoms with Gasteiger partial charge >= 0.3 is 5.97 Å². The number of hydrogen-bond donors (Lipinski definition) is 0. The molecule has 5 rings (SSSR count). The van der Waals surface area contributed by atoms with Gasteiger partial charge in [0.05, 0.1) is 28.5 Å². The highest BCUT2D eigenvalue weighted by Crippen LogP contribution is 2.31. The number of aromatic nitrogens is 1. The lowest BCUT2D eigenvalue weighted by atomic mass is 9.96. The third-order valence-electron chi connectivity index (χ3n) is 6.18. The molecule has 0 radical (unpaired) electrons. The second kappa shape index (κ2) is 11.7. The summed E-state index contributed by atoms with van der Waals surface area (Å²) in [6.45, 7) is 4.15. The summed E-state index contributed by atoms with van der Waals surface area (Å²) in [7, 11) is 0. The zero-order chi connectivity index (χ0) is 27.5. The fourth-order valence-corrected chi connectivity index (χ4v) is 5.78. The number of esters is 1. The Labute approximate surface area is 242 Å². The van der Waals surface area contributed by atoms with Crippen molar-refractivity contribution in [3.05, 3.63) is 130 Å². The summed E-state index contributed by atoms with van der Waals surface area (Å²) >= 11 is 10.7. The predicted octanol–water partition coefficient (Wildman–Crippen LogP) is 5.79. The van der Waals surface area contributed by atoms with E-state index >= 15 is 0 Å². The minimum atomic E-state index is -0.649. The molecule has 0 aliphatic carbocycles. The van der Waals surface area contributed by atoms with Crippen molar-refractivity contribution in [2.45, 2.75) is 26.5 Å². The Morgan fingerprint density at radius 3 is 2.59 bits per heavy atom. The fourth-order valence-electron chi connectivity index (χ4n) is 4.34. The van der Waals surface area contributed by atoms with Crippen LogP contribution in [0.1, 0.15) is 36.6 Å². The summed E-state index contributed by atoms with van der Waals surface area (Å²) in [5.41, 5.74) is 3.27.